The van der Waals surface area contributed by atoms with Crippen molar-refractivity contribution < 1.29 is 8.42 Å². The van der Waals surface area contributed by atoms with E-state index in [1.54, 1.807) is 11.2 Å². The molecule has 0 radical (unpaired) electrons. The minimum absolute atomic E-state index is 0.201. The van der Waals surface area contributed by atoms with Crippen LogP contribution in [-0.2, 0) is 10.0 Å². The Morgan fingerprint density at radius 3 is 2.90 bits per heavy atom. The van der Waals surface area contributed by atoms with Gasteiger partial charge < -0.3 is 10.3 Å². The number of piperidine rings is 1. The summed E-state index contributed by atoms with van der Waals surface area (Å²) in [5, 5.41) is 3.59. The summed E-state index contributed by atoms with van der Waals surface area (Å²) in [6.07, 6.45) is 3.39. The average Bonchev–Trinajstić information content (AvgIpc) is 2.84. The molecular formula is C13H24N4O2S. The number of sulfonamides is 1. The molecule has 1 aliphatic rings. The summed E-state index contributed by atoms with van der Waals surface area (Å²) in [6, 6.07) is 0.428. The summed E-state index contributed by atoms with van der Waals surface area (Å²) >= 11 is 0. The monoisotopic (exact) mass is 300 g/mol. The minimum Gasteiger partial charge on any atom is -0.332 e. The number of hydrogen-bond acceptors (Lipinski definition) is 4. The molecule has 0 spiro atoms. The molecule has 114 valence electrons. The highest BCUT2D eigenvalue weighted by atomic mass is 32.2. The molecule has 1 aliphatic heterocycles. The van der Waals surface area contributed by atoms with Gasteiger partial charge in [0.15, 0.2) is 5.03 Å². The predicted molar refractivity (Wildman–Crippen MR) is 77.9 cm³/mol. The molecule has 20 heavy (non-hydrogen) atoms. The number of H-pyrrole nitrogens is 1. The van der Waals surface area contributed by atoms with Crippen molar-refractivity contribution >= 4 is 10.0 Å². The molecule has 7 heteroatoms. The summed E-state index contributed by atoms with van der Waals surface area (Å²) in [4.78, 5) is 6.80. The zero-order valence-electron chi connectivity index (χ0n) is 12.4. The molecule has 1 fully saturated rings. The van der Waals surface area contributed by atoms with Gasteiger partial charge in [0, 0.05) is 19.1 Å². The van der Waals surface area contributed by atoms with E-state index < -0.39 is 10.0 Å². The van der Waals surface area contributed by atoms with Gasteiger partial charge in [-0.3, -0.25) is 0 Å². The number of rotatable bonds is 5. The van der Waals surface area contributed by atoms with E-state index in [1.807, 2.05) is 0 Å². The maximum atomic E-state index is 12.5. The second-order valence-corrected chi connectivity index (χ2v) is 7.67. The van der Waals surface area contributed by atoms with Crippen molar-refractivity contribution in [3.05, 3.63) is 12.0 Å². The van der Waals surface area contributed by atoms with Crippen LogP contribution in [0.4, 0.5) is 0 Å². The van der Waals surface area contributed by atoms with Crippen LogP contribution in [0.15, 0.2) is 11.2 Å². The van der Waals surface area contributed by atoms with E-state index in [4.69, 9.17) is 0 Å². The summed E-state index contributed by atoms with van der Waals surface area (Å²) in [5.74, 6) is 1.00. The third-order valence-electron chi connectivity index (χ3n) is 3.59. The molecule has 0 aliphatic carbocycles. The number of hydrogen-bond donors (Lipinski definition) is 2. The Labute approximate surface area is 121 Å². The first-order valence-electron chi connectivity index (χ1n) is 7.14. The van der Waals surface area contributed by atoms with Gasteiger partial charge in [-0.15, -0.1) is 0 Å². The van der Waals surface area contributed by atoms with Gasteiger partial charge in [0.1, 0.15) is 5.82 Å². The summed E-state index contributed by atoms with van der Waals surface area (Å²) in [7, 11) is -3.43. The molecule has 1 aromatic rings. The topological polar surface area (TPSA) is 78.1 Å². The highest BCUT2D eigenvalue weighted by Crippen LogP contribution is 2.22. The van der Waals surface area contributed by atoms with Gasteiger partial charge in [0.25, 0.3) is 10.0 Å². The fourth-order valence-electron chi connectivity index (χ4n) is 2.48. The maximum absolute atomic E-state index is 12.5. The number of aromatic amines is 1. The van der Waals surface area contributed by atoms with E-state index in [2.05, 4.69) is 29.1 Å². The molecule has 2 N–H and O–H groups in total. The fraction of sp³-hybridized carbons (Fsp3) is 0.769. The van der Waals surface area contributed by atoms with E-state index in [1.165, 1.54) is 6.20 Å². The predicted octanol–water partition coefficient (Wildman–Crippen LogP) is 1.12. The van der Waals surface area contributed by atoms with Gasteiger partial charge in [0.2, 0.25) is 0 Å². The number of aromatic nitrogens is 2. The second-order valence-electron chi connectivity index (χ2n) is 5.77. The Kier molecular flexibility index (Phi) is 4.82. The summed E-state index contributed by atoms with van der Waals surface area (Å²) < 4.78 is 26.6. The molecule has 2 rings (SSSR count). The maximum Gasteiger partial charge on any atom is 0.260 e. The van der Waals surface area contributed by atoms with Gasteiger partial charge in [-0.2, -0.15) is 4.31 Å². The molecule has 1 saturated heterocycles. The normalized spacial score (nSPS) is 21.5. The van der Waals surface area contributed by atoms with Crippen LogP contribution in [0.5, 0.6) is 0 Å². The van der Waals surface area contributed by atoms with E-state index in [0.717, 1.165) is 19.4 Å². The van der Waals surface area contributed by atoms with Crippen LogP contribution in [0.3, 0.4) is 0 Å². The van der Waals surface area contributed by atoms with Crippen LogP contribution in [0, 0.1) is 12.8 Å². The van der Waals surface area contributed by atoms with Gasteiger partial charge in [0.05, 0.1) is 6.20 Å². The standard InChI is InChI=1S/C13H24N4O2S/c1-10(2)14-7-12-5-4-6-17(9-12)20(18,19)13-8-15-11(3)16-13/h8,10,12,14H,4-7,9H2,1-3H3,(H,15,16). The Morgan fingerprint density at radius 2 is 2.30 bits per heavy atom. The van der Waals surface area contributed by atoms with Crippen molar-refractivity contribution in [2.75, 3.05) is 19.6 Å². The molecule has 1 atom stereocenters. The highest BCUT2D eigenvalue weighted by Gasteiger charge is 2.31. The molecule has 0 amide bonds. The molecule has 0 aromatic carbocycles. The molecule has 1 aromatic heterocycles. The lowest BCUT2D eigenvalue weighted by molar-refractivity contribution is 0.256. The molecule has 0 bridgehead atoms. The smallest absolute Gasteiger partial charge is 0.260 e. The van der Waals surface area contributed by atoms with Crippen LogP contribution in [0.1, 0.15) is 32.5 Å². The average molecular weight is 300 g/mol. The molecule has 6 nitrogen and oxygen atoms in total. The lowest BCUT2D eigenvalue weighted by Crippen LogP contribution is -2.43. The summed E-state index contributed by atoms with van der Waals surface area (Å²) in [5.41, 5.74) is 0. The fourth-order valence-corrected chi connectivity index (χ4v) is 4.00. The molecule has 2 heterocycles. The number of nitrogens with one attached hydrogen (secondary N) is 2. The van der Waals surface area contributed by atoms with Crippen LogP contribution in [0.25, 0.3) is 0 Å². The second kappa shape index (κ2) is 6.24. The third kappa shape index (κ3) is 3.59. The Morgan fingerprint density at radius 1 is 1.55 bits per heavy atom. The van der Waals surface area contributed by atoms with E-state index in [9.17, 15) is 8.42 Å². The van der Waals surface area contributed by atoms with E-state index in [0.29, 0.717) is 30.9 Å². The number of aryl methyl sites for hydroxylation is 1. The number of nitrogens with zero attached hydrogens (tertiary/aromatic N) is 2. The zero-order chi connectivity index (χ0) is 14.8. The highest BCUT2D eigenvalue weighted by molar-refractivity contribution is 7.89. The van der Waals surface area contributed by atoms with Crippen molar-refractivity contribution in [2.24, 2.45) is 5.92 Å². The van der Waals surface area contributed by atoms with Crippen LogP contribution in [-0.4, -0.2) is 48.4 Å². The van der Waals surface area contributed by atoms with Gasteiger partial charge in [-0.25, -0.2) is 13.4 Å². The van der Waals surface area contributed by atoms with Crippen molar-refractivity contribution in [3.63, 3.8) is 0 Å². The van der Waals surface area contributed by atoms with Crippen LogP contribution in [0.2, 0.25) is 0 Å². The minimum atomic E-state index is -3.43. The van der Waals surface area contributed by atoms with Crippen molar-refractivity contribution in [1.82, 2.24) is 19.6 Å². The van der Waals surface area contributed by atoms with Crippen molar-refractivity contribution in [3.8, 4) is 0 Å². The first-order valence-corrected chi connectivity index (χ1v) is 8.58. The third-order valence-corrected chi connectivity index (χ3v) is 5.37. The quantitative estimate of drug-likeness (QED) is 0.854. The first-order chi connectivity index (χ1) is 9.39. The Hall–Kier alpha value is -0.920. The molecule has 1 unspecified atom stereocenters. The van der Waals surface area contributed by atoms with Crippen molar-refractivity contribution in [2.45, 2.75) is 44.7 Å². The van der Waals surface area contributed by atoms with Gasteiger partial charge in [-0.05, 0) is 32.2 Å². The Bertz CT molecular complexity index is 538. The first kappa shape index (κ1) is 15.5. The largest absolute Gasteiger partial charge is 0.332 e. The van der Waals surface area contributed by atoms with E-state index in [-0.39, 0.29) is 5.03 Å². The van der Waals surface area contributed by atoms with Gasteiger partial charge >= 0.3 is 0 Å². The summed E-state index contributed by atoms with van der Waals surface area (Å²) in [6.45, 7) is 8.00. The lowest BCUT2D eigenvalue weighted by atomic mass is 9.99. The number of imidazole rings is 1. The molecular weight excluding hydrogens is 276 g/mol. The lowest BCUT2D eigenvalue weighted by Gasteiger charge is -2.32. The van der Waals surface area contributed by atoms with Crippen molar-refractivity contribution in [1.29, 1.82) is 0 Å². The van der Waals surface area contributed by atoms with Crippen LogP contribution < -0.4 is 5.32 Å². The van der Waals surface area contributed by atoms with Crippen LogP contribution >= 0.6 is 0 Å². The Balaban J connectivity index is 2.04. The van der Waals surface area contributed by atoms with Gasteiger partial charge in [-0.1, -0.05) is 13.8 Å². The van der Waals surface area contributed by atoms with E-state index >= 15 is 0 Å². The zero-order valence-corrected chi connectivity index (χ0v) is 13.2. The molecule has 0 saturated carbocycles. The SMILES string of the molecule is Cc1ncc(S(=O)(=O)N2CCCC(CNC(C)C)C2)[nH]1.